The first kappa shape index (κ1) is 12.3. The minimum atomic E-state index is -0.983. The number of aromatic nitrogens is 1. The summed E-state index contributed by atoms with van der Waals surface area (Å²) in [6, 6.07) is 5.08. The van der Waals surface area contributed by atoms with Crippen molar-refractivity contribution in [1.29, 1.82) is 0 Å². The molecule has 0 aliphatic carbocycles. The van der Waals surface area contributed by atoms with Gasteiger partial charge in [-0.1, -0.05) is 0 Å². The van der Waals surface area contributed by atoms with Crippen LogP contribution in [0.5, 0.6) is 5.75 Å². The number of thiazole rings is 1. The molecule has 88 valence electrons. The van der Waals surface area contributed by atoms with Crippen LogP contribution in [0, 0.1) is 3.57 Å². The van der Waals surface area contributed by atoms with E-state index in [0.29, 0.717) is 12.4 Å². The largest absolute Gasteiger partial charge is 0.487 e. The molecule has 0 aliphatic rings. The zero-order valence-electron chi connectivity index (χ0n) is 8.59. The highest BCUT2D eigenvalue weighted by atomic mass is 127. The standard InChI is InChI=1S/C11H8INO3S/c12-7-1-2-10(9(3-7)11(14)15)16-5-8-4-13-6-17-8/h1-4,6H,5H2,(H,14,15). The summed E-state index contributed by atoms with van der Waals surface area (Å²) in [5, 5.41) is 9.05. The molecule has 0 saturated heterocycles. The molecule has 0 aliphatic heterocycles. The smallest absolute Gasteiger partial charge is 0.339 e. The number of hydrogen-bond acceptors (Lipinski definition) is 4. The van der Waals surface area contributed by atoms with Crippen molar-refractivity contribution in [3.8, 4) is 5.75 Å². The average molecular weight is 361 g/mol. The van der Waals surface area contributed by atoms with E-state index in [1.807, 2.05) is 6.07 Å². The summed E-state index contributed by atoms with van der Waals surface area (Å²) in [7, 11) is 0. The van der Waals surface area contributed by atoms with Crippen LogP contribution >= 0.6 is 33.9 Å². The summed E-state index contributed by atoms with van der Waals surface area (Å²) >= 11 is 3.54. The van der Waals surface area contributed by atoms with E-state index >= 15 is 0 Å². The van der Waals surface area contributed by atoms with Gasteiger partial charge in [-0.2, -0.15) is 0 Å². The fourth-order valence-electron chi connectivity index (χ4n) is 1.26. The lowest BCUT2D eigenvalue weighted by atomic mass is 10.2. The van der Waals surface area contributed by atoms with Crippen molar-refractivity contribution in [2.24, 2.45) is 0 Å². The average Bonchev–Trinajstić information content (AvgIpc) is 2.80. The summed E-state index contributed by atoms with van der Waals surface area (Å²) in [5.41, 5.74) is 1.89. The zero-order chi connectivity index (χ0) is 12.3. The number of nitrogens with zero attached hydrogens (tertiary/aromatic N) is 1. The highest BCUT2D eigenvalue weighted by Gasteiger charge is 2.12. The minimum Gasteiger partial charge on any atom is -0.487 e. The number of carboxylic acid groups (broad SMARTS) is 1. The number of carbonyl (C=O) groups is 1. The molecule has 0 spiro atoms. The predicted molar refractivity (Wildman–Crippen MR) is 72.6 cm³/mol. The van der Waals surface area contributed by atoms with E-state index < -0.39 is 5.97 Å². The van der Waals surface area contributed by atoms with Gasteiger partial charge < -0.3 is 9.84 Å². The van der Waals surface area contributed by atoms with E-state index in [-0.39, 0.29) is 5.56 Å². The summed E-state index contributed by atoms with van der Waals surface area (Å²) in [5.74, 6) is -0.603. The molecule has 2 rings (SSSR count). The minimum absolute atomic E-state index is 0.182. The molecule has 0 amide bonds. The molecule has 17 heavy (non-hydrogen) atoms. The van der Waals surface area contributed by atoms with Crippen LogP contribution < -0.4 is 4.74 Å². The van der Waals surface area contributed by atoms with E-state index in [1.165, 1.54) is 11.3 Å². The maximum Gasteiger partial charge on any atom is 0.339 e. The van der Waals surface area contributed by atoms with E-state index in [9.17, 15) is 4.79 Å². The van der Waals surface area contributed by atoms with E-state index in [1.54, 1.807) is 23.8 Å². The Hall–Kier alpha value is -1.15. The number of ether oxygens (including phenoxy) is 1. The quantitative estimate of drug-likeness (QED) is 0.851. The van der Waals surface area contributed by atoms with E-state index in [4.69, 9.17) is 9.84 Å². The molecule has 1 heterocycles. The molecule has 0 atom stereocenters. The second-order valence-electron chi connectivity index (χ2n) is 3.20. The van der Waals surface area contributed by atoms with Crippen LogP contribution in [0.15, 0.2) is 29.9 Å². The maximum atomic E-state index is 11.0. The summed E-state index contributed by atoms with van der Waals surface area (Å²) < 4.78 is 6.35. The second kappa shape index (κ2) is 5.46. The lowest BCUT2D eigenvalue weighted by Crippen LogP contribution is -2.03. The van der Waals surface area contributed by atoms with Crippen LogP contribution in [-0.2, 0) is 6.61 Å². The molecule has 0 saturated carbocycles. The van der Waals surface area contributed by atoms with Gasteiger partial charge in [0, 0.05) is 9.77 Å². The van der Waals surface area contributed by atoms with Crippen molar-refractivity contribution in [3.05, 3.63) is 43.9 Å². The van der Waals surface area contributed by atoms with Gasteiger partial charge in [-0.3, -0.25) is 4.98 Å². The van der Waals surface area contributed by atoms with Crippen LogP contribution in [-0.4, -0.2) is 16.1 Å². The number of hydrogen-bond donors (Lipinski definition) is 1. The van der Waals surface area contributed by atoms with Crippen molar-refractivity contribution in [1.82, 2.24) is 4.98 Å². The first-order chi connectivity index (χ1) is 8.16. The molecule has 0 bridgehead atoms. The van der Waals surface area contributed by atoms with Crippen molar-refractivity contribution in [2.45, 2.75) is 6.61 Å². The lowest BCUT2D eigenvalue weighted by molar-refractivity contribution is 0.0691. The Balaban J connectivity index is 2.17. The Labute approximate surface area is 115 Å². The molecular weight excluding hydrogens is 353 g/mol. The van der Waals surface area contributed by atoms with Gasteiger partial charge in [0.25, 0.3) is 0 Å². The van der Waals surface area contributed by atoms with Crippen molar-refractivity contribution < 1.29 is 14.6 Å². The number of rotatable bonds is 4. The monoisotopic (exact) mass is 361 g/mol. The Morgan fingerprint density at radius 2 is 2.35 bits per heavy atom. The summed E-state index contributed by atoms with van der Waals surface area (Å²) in [4.78, 5) is 15.9. The van der Waals surface area contributed by atoms with Crippen LogP contribution in [0.1, 0.15) is 15.2 Å². The Morgan fingerprint density at radius 1 is 1.53 bits per heavy atom. The van der Waals surface area contributed by atoms with Gasteiger partial charge in [0.2, 0.25) is 0 Å². The van der Waals surface area contributed by atoms with E-state index in [2.05, 4.69) is 27.6 Å². The fraction of sp³-hybridized carbons (Fsp3) is 0.0909. The number of carboxylic acids is 1. The van der Waals surface area contributed by atoms with Crippen molar-refractivity contribution >= 4 is 39.9 Å². The third kappa shape index (κ3) is 3.16. The van der Waals surface area contributed by atoms with Gasteiger partial charge in [-0.05, 0) is 40.8 Å². The SMILES string of the molecule is O=C(O)c1cc(I)ccc1OCc1cncs1. The van der Waals surface area contributed by atoms with E-state index in [0.717, 1.165) is 8.45 Å². The Bertz CT molecular complexity index is 528. The maximum absolute atomic E-state index is 11.0. The summed E-state index contributed by atoms with van der Waals surface area (Å²) in [6.45, 7) is 0.339. The molecule has 6 heteroatoms. The molecule has 1 aromatic heterocycles. The first-order valence-electron chi connectivity index (χ1n) is 4.70. The van der Waals surface area contributed by atoms with Crippen LogP contribution in [0.25, 0.3) is 0 Å². The third-order valence-electron chi connectivity index (χ3n) is 2.03. The fourth-order valence-corrected chi connectivity index (χ4v) is 2.25. The predicted octanol–water partition coefficient (Wildman–Crippen LogP) is 3.02. The van der Waals surface area contributed by atoms with Crippen LogP contribution in [0.2, 0.25) is 0 Å². The van der Waals surface area contributed by atoms with Gasteiger partial charge in [-0.25, -0.2) is 4.79 Å². The Morgan fingerprint density at radius 3 is 3.00 bits per heavy atom. The highest BCUT2D eigenvalue weighted by Crippen LogP contribution is 2.22. The lowest BCUT2D eigenvalue weighted by Gasteiger charge is -2.08. The van der Waals surface area contributed by atoms with Gasteiger partial charge in [0.1, 0.15) is 17.9 Å². The molecule has 0 unspecified atom stereocenters. The molecular formula is C11H8INO3S. The zero-order valence-corrected chi connectivity index (χ0v) is 11.6. The second-order valence-corrected chi connectivity index (χ2v) is 5.42. The molecule has 0 fully saturated rings. The van der Waals surface area contributed by atoms with Crippen LogP contribution in [0.3, 0.4) is 0 Å². The normalized spacial score (nSPS) is 10.2. The number of halogens is 1. The molecule has 1 N–H and O–H groups in total. The third-order valence-corrected chi connectivity index (χ3v) is 3.45. The van der Waals surface area contributed by atoms with Gasteiger partial charge >= 0.3 is 5.97 Å². The Kier molecular flexibility index (Phi) is 3.95. The molecule has 0 radical (unpaired) electrons. The van der Waals surface area contributed by atoms with Crippen molar-refractivity contribution in [3.63, 3.8) is 0 Å². The molecule has 1 aromatic carbocycles. The summed E-state index contributed by atoms with van der Waals surface area (Å²) in [6.07, 6.45) is 1.71. The number of benzene rings is 1. The molecule has 2 aromatic rings. The van der Waals surface area contributed by atoms with Gasteiger partial charge in [0.15, 0.2) is 0 Å². The first-order valence-corrected chi connectivity index (χ1v) is 6.65. The van der Waals surface area contributed by atoms with Gasteiger partial charge in [-0.15, -0.1) is 11.3 Å². The number of aromatic carboxylic acids is 1. The highest BCUT2D eigenvalue weighted by molar-refractivity contribution is 14.1. The topological polar surface area (TPSA) is 59.4 Å². The molecule has 4 nitrogen and oxygen atoms in total. The van der Waals surface area contributed by atoms with Crippen LogP contribution in [0.4, 0.5) is 0 Å². The van der Waals surface area contributed by atoms with Crippen molar-refractivity contribution in [2.75, 3.05) is 0 Å². The van der Waals surface area contributed by atoms with Gasteiger partial charge in [0.05, 0.1) is 10.4 Å².